The summed E-state index contributed by atoms with van der Waals surface area (Å²) in [6.07, 6.45) is 2.16. The molecule has 0 aromatic heterocycles. The summed E-state index contributed by atoms with van der Waals surface area (Å²) in [5, 5.41) is 10.8. The van der Waals surface area contributed by atoms with Crippen molar-refractivity contribution in [3.05, 3.63) is 33.9 Å². The van der Waals surface area contributed by atoms with Crippen molar-refractivity contribution in [3.63, 3.8) is 0 Å². The molecular weight excluding hydrogens is 230 g/mol. The molecule has 0 radical (unpaired) electrons. The zero-order chi connectivity index (χ0) is 13.5. The van der Waals surface area contributed by atoms with Gasteiger partial charge in [-0.15, -0.1) is 0 Å². The molecule has 5 nitrogen and oxygen atoms in total. The van der Waals surface area contributed by atoms with Gasteiger partial charge in [-0.2, -0.15) is 0 Å². The van der Waals surface area contributed by atoms with E-state index in [1.54, 1.807) is 12.1 Å². The first-order chi connectivity index (χ1) is 8.58. The third kappa shape index (κ3) is 4.00. The molecule has 0 aliphatic rings. The Morgan fingerprint density at radius 1 is 1.28 bits per heavy atom. The van der Waals surface area contributed by atoms with Gasteiger partial charge in [-0.25, -0.2) is 0 Å². The highest BCUT2D eigenvalue weighted by molar-refractivity contribution is 5.59. The zero-order valence-electron chi connectivity index (χ0n) is 11.1. The van der Waals surface area contributed by atoms with Crippen LogP contribution in [0.2, 0.25) is 0 Å². The van der Waals surface area contributed by atoms with Crippen LogP contribution in [0.4, 0.5) is 11.4 Å². The summed E-state index contributed by atoms with van der Waals surface area (Å²) < 4.78 is 0. The lowest BCUT2D eigenvalue weighted by molar-refractivity contribution is -0.384. The second kappa shape index (κ2) is 6.96. The minimum atomic E-state index is -0.428. The lowest BCUT2D eigenvalue weighted by Crippen LogP contribution is -2.24. The van der Waals surface area contributed by atoms with E-state index in [0.29, 0.717) is 0 Å². The van der Waals surface area contributed by atoms with Gasteiger partial charge >= 0.3 is 0 Å². The van der Waals surface area contributed by atoms with E-state index in [0.717, 1.165) is 38.0 Å². The third-order valence-corrected chi connectivity index (χ3v) is 2.78. The van der Waals surface area contributed by atoms with Gasteiger partial charge in [-0.3, -0.25) is 15.0 Å². The minimum Gasteiger partial charge on any atom is -0.393 e. The Hall–Kier alpha value is -1.62. The average molecular weight is 251 g/mol. The molecule has 0 fully saturated rings. The molecule has 0 heterocycles. The molecule has 18 heavy (non-hydrogen) atoms. The molecule has 0 aliphatic carbocycles. The largest absolute Gasteiger partial charge is 0.393 e. The normalized spacial score (nSPS) is 10.8. The van der Waals surface area contributed by atoms with E-state index in [9.17, 15) is 10.1 Å². The van der Waals surface area contributed by atoms with Crippen LogP contribution in [0.3, 0.4) is 0 Å². The molecule has 0 aliphatic heterocycles. The van der Waals surface area contributed by atoms with Gasteiger partial charge in [0.25, 0.3) is 5.69 Å². The Morgan fingerprint density at radius 2 is 1.89 bits per heavy atom. The van der Waals surface area contributed by atoms with Crippen LogP contribution < -0.4 is 5.73 Å². The summed E-state index contributed by atoms with van der Waals surface area (Å²) in [7, 11) is 0. The maximum atomic E-state index is 10.8. The Balaban J connectivity index is 2.82. The maximum absolute atomic E-state index is 10.8. The monoisotopic (exact) mass is 251 g/mol. The first kappa shape index (κ1) is 14.4. The van der Waals surface area contributed by atoms with Gasteiger partial charge in [-0.05, 0) is 37.6 Å². The number of hydrogen-bond donors (Lipinski definition) is 1. The first-order valence-corrected chi connectivity index (χ1v) is 6.33. The van der Waals surface area contributed by atoms with Gasteiger partial charge in [0.05, 0.1) is 4.92 Å². The fourth-order valence-electron chi connectivity index (χ4n) is 2.01. The van der Waals surface area contributed by atoms with E-state index >= 15 is 0 Å². The van der Waals surface area contributed by atoms with Crippen molar-refractivity contribution in [3.8, 4) is 0 Å². The van der Waals surface area contributed by atoms with Crippen LogP contribution in [-0.4, -0.2) is 22.9 Å². The highest BCUT2D eigenvalue weighted by Crippen LogP contribution is 2.23. The van der Waals surface area contributed by atoms with Gasteiger partial charge in [-0.1, -0.05) is 19.9 Å². The molecule has 0 atom stereocenters. The summed E-state index contributed by atoms with van der Waals surface area (Å²) in [5.41, 5.74) is 6.75. The van der Waals surface area contributed by atoms with E-state index in [1.165, 1.54) is 0 Å². The standard InChI is InChI=1S/C13H21N3O2/c1-3-7-15(8-4-2)10-11-5-6-12(14)13(9-11)16(17)18/h5-6,9H,3-4,7-8,10,14H2,1-2H3. The lowest BCUT2D eigenvalue weighted by Gasteiger charge is -2.20. The molecule has 0 unspecified atom stereocenters. The fourth-order valence-corrected chi connectivity index (χ4v) is 2.01. The van der Waals surface area contributed by atoms with Crippen molar-refractivity contribution in [2.24, 2.45) is 0 Å². The highest BCUT2D eigenvalue weighted by Gasteiger charge is 2.13. The van der Waals surface area contributed by atoms with E-state index in [1.807, 2.05) is 6.07 Å². The van der Waals surface area contributed by atoms with Gasteiger partial charge in [0.1, 0.15) is 5.69 Å². The Bertz CT molecular complexity index is 401. The fraction of sp³-hybridized carbons (Fsp3) is 0.538. The molecule has 2 N–H and O–H groups in total. The van der Waals surface area contributed by atoms with Crippen LogP contribution in [0.15, 0.2) is 18.2 Å². The zero-order valence-corrected chi connectivity index (χ0v) is 11.1. The van der Waals surface area contributed by atoms with Gasteiger partial charge in [0.2, 0.25) is 0 Å². The minimum absolute atomic E-state index is 0.000414. The summed E-state index contributed by atoms with van der Waals surface area (Å²) in [6, 6.07) is 5.05. The smallest absolute Gasteiger partial charge is 0.292 e. The second-order valence-corrected chi connectivity index (χ2v) is 4.43. The van der Waals surface area contributed by atoms with E-state index in [4.69, 9.17) is 5.73 Å². The van der Waals surface area contributed by atoms with Crippen molar-refractivity contribution in [2.75, 3.05) is 18.8 Å². The number of benzene rings is 1. The van der Waals surface area contributed by atoms with Crippen molar-refractivity contribution in [2.45, 2.75) is 33.2 Å². The Morgan fingerprint density at radius 3 is 2.39 bits per heavy atom. The predicted octanol–water partition coefficient (Wildman–Crippen LogP) is 2.80. The number of nitrogens with two attached hydrogens (primary N) is 1. The molecule has 5 heteroatoms. The number of nitro benzene ring substituents is 1. The van der Waals surface area contributed by atoms with Crippen LogP contribution in [-0.2, 0) is 6.54 Å². The number of rotatable bonds is 7. The van der Waals surface area contributed by atoms with Crippen molar-refractivity contribution >= 4 is 11.4 Å². The average Bonchev–Trinajstić information content (AvgIpc) is 2.32. The van der Waals surface area contributed by atoms with Crippen LogP contribution in [0, 0.1) is 10.1 Å². The molecule has 1 aromatic carbocycles. The number of nitrogen functional groups attached to an aromatic ring is 1. The quantitative estimate of drug-likeness (QED) is 0.459. The molecule has 0 amide bonds. The molecule has 100 valence electrons. The third-order valence-electron chi connectivity index (χ3n) is 2.78. The van der Waals surface area contributed by atoms with Crippen LogP contribution in [0.1, 0.15) is 32.3 Å². The summed E-state index contributed by atoms with van der Waals surface area (Å²) >= 11 is 0. The summed E-state index contributed by atoms with van der Waals surface area (Å²) in [5.74, 6) is 0. The molecule has 0 bridgehead atoms. The highest BCUT2D eigenvalue weighted by atomic mass is 16.6. The SMILES string of the molecule is CCCN(CCC)Cc1ccc(N)c([N+](=O)[O-])c1. The topological polar surface area (TPSA) is 72.4 Å². The number of nitro groups is 1. The van der Waals surface area contributed by atoms with E-state index < -0.39 is 4.92 Å². The molecule has 0 spiro atoms. The predicted molar refractivity (Wildman–Crippen MR) is 73.4 cm³/mol. The maximum Gasteiger partial charge on any atom is 0.292 e. The molecule has 0 saturated carbocycles. The Kier molecular flexibility index (Phi) is 5.58. The molecule has 0 saturated heterocycles. The molecule has 1 rings (SSSR count). The summed E-state index contributed by atoms with van der Waals surface area (Å²) in [6.45, 7) is 7.02. The van der Waals surface area contributed by atoms with E-state index in [2.05, 4.69) is 18.7 Å². The number of nitrogens with zero attached hydrogens (tertiary/aromatic N) is 2. The summed E-state index contributed by atoms with van der Waals surface area (Å²) in [4.78, 5) is 12.7. The number of hydrogen-bond acceptors (Lipinski definition) is 4. The van der Waals surface area contributed by atoms with Gasteiger partial charge in [0, 0.05) is 12.6 Å². The van der Waals surface area contributed by atoms with Gasteiger partial charge in [0.15, 0.2) is 0 Å². The van der Waals surface area contributed by atoms with Crippen molar-refractivity contribution < 1.29 is 4.92 Å². The lowest BCUT2D eigenvalue weighted by atomic mass is 10.1. The number of anilines is 1. The molecular formula is C13H21N3O2. The first-order valence-electron chi connectivity index (χ1n) is 6.33. The van der Waals surface area contributed by atoms with Gasteiger partial charge < -0.3 is 5.73 Å². The molecule has 1 aromatic rings. The van der Waals surface area contributed by atoms with Crippen molar-refractivity contribution in [1.82, 2.24) is 4.90 Å². The van der Waals surface area contributed by atoms with Crippen molar-refractivity contribution in [1.29, 1.82) is 0 Å². The second-order valence-electron chi connectivity index (χ2n) is 4.43. The van der Waals surface area contributed by atoms with Crippen LogP contribution >= 0.6 is 0 Å². The van der Waals surface area contributed by atoms with E-state index in [-0.39, 0.29) is 11.4 Å². The Labute approximate surface area is 108 Å². The van der Waals surface area contributed by atoms with Crippen LogP contribution in [0.5, 0.6) is 0 Å². The van der Waals surface area contributed by atoms with Crippen LogP contribution in [0.25, 0.3) is 0 Å².